The standard InChI is InChI=1S/C26H24Br2N2O5S/c1-16-10-18-6-3-4-9-24(18)30(16)36(33,34)22-8-5-7-19(14-22)25(31)29-23(26(32)35-2)13-17-11-20(27)15-21(28)12-17/h3-9,11-12,14-16,23H,10,13H2,1-2H3,(H,29,31). The number of anilines is 1. The molecule has 0 aliphatic carbocycles. The number of amides is 1. The molecule has 0 bridgehead atoms. The van der Waals surface area contributed by atoms with E-state index in [1.807, 2.05) is 37.3 Å². The van der Waals surface area contributed by atoms with Crippen LogP contribution in [0.25, 0.3) is 0 Å². The zero-order chi connectivity index (χ0) is 26.0. The van der Waals surface area contributed by atoms with Crippen molar-refractivity contribution in [2.75, 3.05) is 11.4 Å². The van der Waals surface area contributed by atoms with Crippen LogP contribution in [0.4, 0.5) is 5.69 Å². The summed E-state index contributed by atoms with van der Waals surface area (Å²) in [4.78, 5) is 25.6. The highest BCUT2D eigenvalue weighted by atomic mass is 79.9. The molecule has 0 saturated heterocycles. The molecule has 0 fully saturated rings. The Morgan fingerprint density at radius 2 is 1.75 bits per heavy atom. The molecule has 3 aromatic carbocycles. The van der Waals surface area contributed by atoms with Crippen LogP contribution in [0.5, 0.6) is 0 Å². The second-order valence-corrected chi connectivity index (χ2v) is 12.2. The molecule has 1 amide bonds. The predicted octanol–water partition coefficient (Wildman–Crippen LogP) is 4.87. The predicted molar refractivity (Wildman–Crippen MR) is 145 cm³/mol. The summed E-state index contributed by atoms with van der Waals surface area (Å²) in [5, 5.41) is 2.69. The van der Waals surface area contributed by atoms with Gasteiger partial charge >= 0.3 is 5.97 Å². The van der Waals surface area contributed by atoms with Crippen molar-refractivity contribution in [2.45, 2.75) is 36.7 Å². The van der Waals surface area contributed by atoms with Crippen molar-refractivity contribution >= 4 is 59.4 Å². The molecule has 188 valence electrons. The van der Waals surface area contributed by atoms with Gasteiger partial charge in [-0.05, 0) is 66.9 Å². The van der Waals surface area contributed by atoms with Crippen LogP contribution in [0.1, 0.15) is 28.4 Å². The third-order valence-corrected chi connectivity index (χ3v) is 8.79. The molecule has 10 heteroatoms. The van der Waals surface area contributed by atoms with Crippen molar-refractivity contribution < 1.29 is 22.7 Å². The smallest absolute Gasteiger partial charge is 0.328 e. The third kappa shape index (κ3) is 5.50. The number of benzene rings is 3. The fraction of sp³-hybridized carbons (Fsp3) is 0.231. The Kier molecular flexibility index (Phi) is 7.87. The molecule has 1 heterocycles. The number of carbonyl (C=O) groups is 2. The molecule has 0 radical (unpaired) electrons. The molecule has 4 rings (SSSR count). The number of rotatable bonds is 7. The summed E-state index contributed by atoms with van der Waals surface area (Å²) in [5.41, 5.74) is 2.53. The fourth-order valence-corrected chi connectivity index (χ4v) is 7.48. The molecule has 7 nitrogen and oxygen atoms in total. The summed E-state index contributed by atoms with van der Waals surface area (Å²) in [7, 11) is -2.66. The van der Waals surface area contributed by atoms with E-state index >= 15 is 0 Å². The van der Waals surface area contributed by atoms with E-state index < -0.39 is 27.9 Å². The molecule has 1 aliphatic rings. The zero-order valence-corrected chi connectivity index (χ0v) is 23.6. The highest BCUT2D eigenvalue weighted by Crippen LogP contribution is 2.36. The Bertz CT molecular complexity index is 1410. The Hall–Kier alpha value is -2.69. The van der Waals surface area contributed by atoms with Crippen LogP contribution in [-0.4, -0.2) is 39.5 Å². The van der Waals surface area contributed by atoms with Gasteiger partial charge in [0.25, 0.3) is 15.9 Å². The minimum absolute atomic E-state index is 0.00393. The van der Waals surface area contributed by atoms with Gasteiger partial charge in [-0.1, -0.05) is 56.1 Å². The number of carbonyl (C=O) groups excluding carboxylic acids is 2. The van der Waals surface area contributed by atoms with Gasteiger partial charge < -0.3 is 10.1 Å². The first-order chi connectivity index (χ1) is 17.1. The second-order valence-electron chi connectivity index (χ2n) is 8.54. The van der Waals surface area contributed by atoms with Crippen LogP contribution < -0.4 is 9.62 Å². The van der Waals surface area contributed by atoms with Crippen LogP contribution in [-0.2, 0) is 32.4 Å². The molecule has 2 unspecified atom stereocenters. The van der Waals surface area contributed by atoms with E-state index in [1.54, 1.807) is 12.1 Å². The largest absolute Gasteiger partial charge is 0.467 e. The summed E-state index contributed by atoms with van der Waals surface area (Å²) in [6.45, 7) is 1.86. The lowest BCUT2D eigenvalue weighted by molar-refractivity contribution is -0.142. The van der Waals surface area contributed by atoms with Crippen molar-refractivity contribution in [3.8, 4) is 0 Å². The highest BCUT2D eigenvalue weighted by Gasteiger charge is 2.36. The number of sulfonamides is 1. The van der Waals surface area contributed by atoms with Gasteiger partial charge in [0.05, 0.1) is 17.7 Å². The van der Waals surface area contributed by atoms with Gasteiger partial charge in [-0.3, -0.25) is 9.10 Å². The number of hydrogen-bond acceptors (Lipinski definition) is 5. The molecular weight excluding hydrogens is 612 g/mol. The van der Waals surface area contributed by atoms with Crippen LogP contribution >= 0.6 is 31.9 Å². The van der Waals surface area contributed by atoms with E-state index in [2.05, 4.69) is 37.2 Å². The average Bonchev–Trinajstić information content (AvgIpc) is 3.19. The van der Waals surface area contributed by atoms with E-state index in [1.165, 1.54) is 35.7 Å². The number of esters is 1. The van der Waals surface area contributed by atoms with Crippen LogP contribution in [0.3, 0.4) is 0 Å². The van der Waals surface area contributed by atoms with Crippen molar-refractivity contribution in [1.82, 2.24) is 5.32 Å². The molecular formula is C26H24Br2N2O5S. The maximum absolute atomic E-state index is 13.6. The number of para-hydroxylation sites is 1. The molecule has 3 aromatic rings. The second kappa shape index (κ2) is 10.7. The Balaban J connectivity index is 1.59. The van der Waals surface area contributed by atoms with Gasteiger partial charge in [-0.25, -0.2) is 13.2 Å². The van der Waals surface area contributed by atoms with Crippen molar-refractivity contribution in [1.29, 1.82) is 0 Å². The van der Waals surface area contributed by atoms with E-state index in [0.717, 1.165) is 20.1 Å². The topological polar surface area (TPSA) is 92.8 Å². The molecule has 1 aliphatic heterocycles. The Morgan fingerprint density at radius 3 is 2.44 bits per heavy atom. The molecule has 0 saturated carbocycles. The molecule has 0 aromatic heterocycles. The van der Waals surface area contributed by atoms with Crippen LogP contribution in [0.15, 0.2) is 80.6 Å². The lowest BCUT2D eigenvalue weighted by atomic mass is 10.1. The molecule has 2 atom stereocenters. The first-order valence-corrected chi connectivity index (χ1v) is 14.2. The fourth-order valence-electron chi connectivity index (χ4n) is 4.36. The maximum atomic E-state index is 13.6. The summed E-state index contributed by atoms with van der Waals surface area (Å²) in [5.74, 6) is -1.18. The van der Waals surface area contributed by atoms with Gasteiger partial charge in [0.15, 0.2) is 0 Å². The zero-order valence-electron chi connectivity index (χ0n) is 19.6. The third-order valence-electron chi connectivity index (χ3n) is 5.95. The summed E-state index contributed by atoms with van der Waals surface area (Å²) in [6.07, 6.45) is 0.804. The summed E-state index contributed by atoms with van der Waals surface area (Å²) < 4.78 is 35.1. The van der Waals surface area contributed by atoms with Gasteiger partial charge in [0, 0.05) is 27.0 Å². The quantitative estimate of drug-likeness (QED) is 0.374. The van der Waals surface area contributed by atoms with Gasteiger partial charge in [0.1, 0.15) is 6.04 Å². The van der Waals surface area contributed by atoms with Crippen molar-refractivity contribution in [3.05, 3.63) is 92.4 Å². The number of fused-ring (bicyclic) bond motifs is 1. The first-order valence-electron chi connectivity index (χ1n) is 11.2. The number of nitrogens with one attached hydrogen (secondary N) is 1. The van der Waals surface area contributed by atoms with Gasteiger partial charge in [0.2, 0.25) is 0 Å². The number of halogens is 2. The first kappa shape index (κ1) is 26.4. The number of methoxy groups -OCH3 is 1. The van der Waals surface area contributed by atoms with Gasteiger partial charge in [-0.15, -0.1) is 0 Å². The monoisotopic (exact) mass is 634 g/mol. The highest BCUT2D eigenvalue weighted by molar-refractivity contribution is 9.11. The van der Waals surface area contributed by atoms with E-state index in [4.69, 9.17) is 4.74 Å². The lowest BCUT2D eigenvalue weighted by Gasteiger charge is -2.24. The maximum Gasteiger partial charge on any atom is 0.328 e. The normalized spacial score (nSPS) is 15.8. The Labute approximate surface area is 227 Å². The Morgan fingerprint density at radius 1 is 1.06 bits per heavy atom. The average molecular weight is 636 g/mol. The molecule has 0 spiro atoms. The SMILES string of the molecule is COC(=O)C(Cc1cc(Br)cc(Br)c1)NC(=O)c1cccc(S(=O)(=O)N2c3ccccc3CC2C)c1. The summed E-state index contributed by atoms with van der Waals surface area (Å²) >= 11 is 6.84. The number of nitrogens with zero attached hydrogens (tertiary/aromatic N) is 1. The minimum atomic E-state index is -3.91. The minimum Gasteiger partial charge on any atom is -0.467 e. The van der Waals surface area contributed by atoms with Gasteiger partial charge in [-0.2, -0.15) is 0 Å². The number of ether oxygens (including phenoxy) is 1. The summed E-state index contributed by atoms with van der Waals surface area (Å²) in [6, 6.07) is 17.6. The van der Waals surface area contributed by atoms with Crippen LogP contribution in [0.2, 0.25) is 0 Å². The molecule has 1 N–H and O–H groups in total. The van der Waals surface area contributed by atoms with E-state index in [-0.39, 0.29) is 22.9 Å². The van der Waals surface area contributed by atoms with Crippen molar-refractivity contribution in [3.63, 3.8) is 0 Å². The van der Waals surface area contributed by atoms with Crippen molar-refractivity contribution in [2.24, 2.45) is 0 Å². The molecule has 36 heavy (non-hydrogen) atoms. The number of hydrogen-bond donors (Lipinski definition) is 1. The van der Waals surface area contributed by atoms with E-state index in [0.29, 0.717) is 12.1 Å². The van der Waals surface area contributed by atoms with E-state index in [9.17, 15) is 18.0 Å². The lowest BCUT2D eigenvalue weighted by Crippen LogP contribution is -2.43. The van der Waals surface area contributed by atoms with Crippen LogP contribution in [0, 0.1) is 0 Å².